The summed E-state index contributed by atoms with van der Waals surface area (Å²) in [4.78, 5) is 18.6. The van der Waals surface area contributed by atoms with Gasteiger partial charge in [0, 0.05) is 43.6 Å². The van der Waals surface area contributed by atoms with Crippen molar-refractivity contribution in [2.75, 3.05) is 26.2 Å². The molecular formula is C16H25N3OS. The van der Waals surface area contributed by atoms with E-state index in [1.807, 2.05) is 11.3 Å². The minimum absolute atomic E-state index is 0.0776. The summed E-state index contributed by atoms with van der Waals surface area (Å²) in [6.45, 7) is 4.82. The van der Waals surface area contributed by atoms with Crippen LogP contribution in [0.2, 0.25) is 0 Å². The third kappa shape index (κ3) is 3.65. The highest BCUT2D eigenvalue weighted by atomic mass is 32.1. The Bertz CT molecular complexity index is 462. The first-order valence-electron chi connectivity index (χ1n) is 8.03. The molecule has 2 aliphatic rings. The van der Waals surface area contributed by atoms with E-state index in [-0.39, 0.29) is 12.0 Å². The SMILES string of the molecule is NC1CCCC1C(=O)N1CCCN(Cc2cccs2)CC1. The standard InChI is InChI=1S/C16H25N3OS/c17-15-6-1-5-14(15)16(20)19-8-3-7-18(9-10-19)12-13-4-2-11-21-13/h2,4,11,14-15H,1,3,5-10,12,17H2. The van der Waals surface area contributed by atoms with Crippen LogP contribution in [-0.4, -0.2) is 47.9 Å². The average Bonchev–Trinajstić information content (AvgIpc) is 3.07. The van der Waals surface area contributed by atoms with Crippen molar-refractivity contribution in [3.63, 3.8) is 0 Å². The average molecular weight is 307 g/mol. The third-order valence-electron chi connectivity index (χ3n) is 4.75. The predicted molar refractivity (Wildman–Crippen MR) is 86.1 cm³/mol. The van der Waals surface area contributed by atoms with Crippen LogP contribution in [0.1, 0.15) is 30.6 Å². The van der Waals surface area contributed by atoms with E-state index in [1.165, 1.54) is 4.88 Å². The Morgan fingerprint density at radius 2 is 2.14 bits per heavy atom. The molecule has 1 aromatic rings. The summed E-state index contributed by atoms with van der Waals surface area (Å²) in [5.41, 5.74) is 6.09. The van der Waals surface area contributed by atoms with Gasteiger partial charge in [0.1, 0.15) is 0 Å². The second kappa shape index (κ2) is 6.90. The maximum absolute atomic E-state index is 12.6. The van der Waals surface area contributed by atoms with E-state index in [0.717, 1.165) is 58.4 Å². The molecule has 116 valence electrons. The van der Waals surface area contributed by atoms with Gasteiger partial charge in [-0.05, 0) is 30.7 Å². The molecule has 0 aromatic carbocycles. The largest absolute Gasteiger partial charge is 0.341 e. The van der Waals surface area contributed by atoms with E-state index in [4.69, 9.17) is 5.73 Å². The number of amides is 1. The molecule has 0 bridgehead atoms. The second-order valence-electron chi connectivity index (χ2n) is 6.24. The Labute approximate surface area is 130 Å². The van der Waals surface area contributed by atoms with Gasteiger partial charge in [-0.15, -0.1) is 11.3 Å². The number of rotatable bonds is 3. The highest BCUT2D eigenvalue weighted by molar-refractivity contribution is 7.09. The topological polar surface area (TPSA) is 49.6 Å². The van der Waals surface area contributed by atoms with Crippen LogP contribution in [0.15, 0.2) is 17.5 Å². The molecule has 1 saturated carbocycles. The van der Waals surface area contributed by atoms with Gasteiger partial charge in [0.15, 0.2) is 0 Å². The van der Waals surface area contributed by atoms with E-state index < -0.39 is 0 Å². The molecule has 1 aliphatic carbocycles. The fraction of sp³-hybridized carbons (Fsp3) is 0.688. The first kappa shape index (κ1) is 15.0. The van der Waals surface area contributed by atoms with Gasteiger partial charge < -0.3 is 10.6 Å². The number of hydrogen-bond donors (Lipinski definition) is 1. The van der Waals surface area contributed by atoms with Crippen molar-refractivity contribution in [3.8, 4) is 0 Å². The van der Waals surface area contributed by atoms with Gasteiger partial charge in [-0.1, -0.05) is 12.5 Å². The van der Waals surface area contributed by atoms with E-state index in [2.05, 4.69) is 27.3 Å². The third-order valence-corrected chi connectivity index (χ3v) is 5.61. The molecule has 1 aromatic heterocycles. The van der Waals surface area contributed by atoms with Crippen molar-refractivity contribution in [3.05, 3.63) is 22.4 Å². The van der Waals surface area contributed by atoms with Gasteiger partial charge in [-0.2, -0.15) is 0 Å². The summed E-state index contributed by atoms with van der Waals surface area (Å²) in [6, 6.07) is 4.38. The smallest absolute Gasteiger partial charge is 0.227 e. The maximum Gasteiger partial charge on any atom is 0.227 e. The van der Waals surface area contributed by atoms with Gasteiger partial charge in [-0.3, -0.25) is 9.69 Å². The summed E-state index contributed by atoms with van der Waals surface area (Å²) < 4.78 is 0. The van der Waals surface area contributed by atoms with Crippen LogP contribution in [0, 0.1) is 5.92 Å². The first-order chi connectivity index (χ1) is 10.2. The zero-order valence-corrected chi connectivity index (χ0v) is 13.4. The summed E-state index contributed by atoms with van der Waals surface area (Å²) >= 11 is 1.81. The highest BCUT2D eigenvalue weighted by Crippen LogP contribution is 2.26. The van der Waals surface area contributed by atoms with Crippen LogP contribution in [0.25, 0.3) is 0 Å². The monoisotopic (exact) mass is 307 g/mol. The minimum Gasteiger partial charge on any atom is -0.341 e. The lowest BCUT2D eigenvalue weighted by Gasteiger charge is -2.26. The van der Waals surface area contributed by atoms with Crippen molar-refractivity contribution < 1.29 is 4.79 Å². The van der Waals surface area contributed by atoms with Crippen molar-refractivity contribution in [2.45, 2.75) is 38.3 Å². The number of carbonyl (C=O) groups excluding carboxylic acids is 1. The first-order valence-corrected chi connectivity index (χ1v) is 8.91. The Kier molecular flexibility index (Phi) is 4.93. The molecule has 0 spiro atoms. The second-order valence-corrected chi connectivity index (χ2v) is 7.27. The summed E-state index contributed by atoms with van der Waals surface area (Å²) in [5.74, 6) is 0.381. The zero-order valence-electron chi connectivity index (χ0n) is 12.5. The van der Waals surface area contributed by atoms with Gasteiger partial charge >= 0.3 is 0 Å². The van der Waals surface area contributed by atoms with Crippen LogP contribution >= 0.6 is 11.3 Å². The molecule has 1 amide bonds. The normalized spacial score (nSPS) is 27.8. The van der Waals surface area contributed by atoms with E-state index in [1.54, 1.807) is 0 Å². The number of nitrogens with zero attached hydrogens (tertiary/aromatic N) is 2. The molecular weight excluding hydrogens is 282 g/mol. The van der Waals surface area contributed by atoms with Gasteiger partial charge in [0.05, 0.1) is 5.92 Å². The van der Waals surface area contributed by atoms with Gasteiger partial charge in [-0.25, -0.2) is 0 Å². The summed E-state index contributed by atoms with van der Waals surface area (Å²) in [6.07, 6.45) is 4.17. The van der Waals surface area contributed by atoms with Gasteiger partial charge in [0.25, 0.3) is 0 Å². The number of nitrogens with two attached hydrogens (primary N) is 1. The Balaban J connectivity index is 1.54. The van der Waals surface area contributed by atoms with E-state index in [0.29, 0.717) is 5.91 Å². The molecule has 1 saturated heterocycles. The summed E-state index contributed by atoms with van der Waals surface area (Å²) in [5, 5.41) is 2.13. The van der Waals surface area contributed by atoms with Crippen molar-refractivity contribution in [2.24, 2.45) is 11.7 Å². The fourth-order valence-electron chi connectivity index (χ4n) is 3.50. The Morgan fingerprint density at radius 1 is 1.24 bits per heavy atom. The molecule has 2 unspecified atom stereocenters. The van der Waals surface area contributed by atoms with Crippen molar-refractivity contribution >= 4 is 17.2 Å². The number of carbonyl (C=O) groups is 1. The Hall–Kier alpha value is -0.910. The minimum atomic E-state index is 0.0776. The molecule has 5 heteroatoms. The van der Waals surface area contributed by atoms with Crippen LogP contribution in [0.4, 0.5) is 0 Å². The molecule has 2 N–H and O–H groups in total. The lowest BCUT2D eigenvalue weighted by molar-refractivity contribution is -0.135. The van der Waals surface area contributed by atoms with Crippen LogP contribution in [0.3, 0.4) is 0 Å². The van der Waals surface area contributed by atoms with Crippen molar-refractivity contribution in [1.29, 1.82) is 0 Å². The predicted octanol–water partition coefficient (Wildman–Crippen LogP) is 1.91. The van der Waals surface area contributed by atoms with E-state index in [9.17, 15) is 4.79 Å². The molecule has 3 rings (SSSR count). The van der Waals surface area contributed by atoms with Crippen molar-refractivity contribution in [1.82, 2.24) is 9.80 Å². The Morgan fingerprint density at radius 3 is 2.86 bits per heavy atom. The molecule has 2 heterocycles. The molecule has 4 nitrogen and oxygen atoms in total. The maximum atomic E-state index is 12.6. The zero-order chi connectivity index (χ0) is 14.7. The quantitative estimate of drug-likeness (QED) is 0.928. The lowest BCUT2D eigenvalue weighted by atomic mass is 10.0. The van der Waals surface area contributed by atoms with E-state index >= 15 is 0 Å². The molecule has 2 fully saturated rings. The van der Waals surface area contributed by atoms with Crippen LogP contribution in [-0.2, 0) is 11.3 Å². The molecule has 0 radical (unpaired) electrons. The number of thiophene rings is 1. The highest BCUT2D eigenvalue weighted by Gasteiger charge is 2.33. The van der Waals surface area contributed by atoms with Crippen LogP contribution in [0.5, 0.6) is 0 Å². The van der Waals surface area contributed by atoms with Gasteiger partial charge in [0.2, 0.25) is 5.91 Å². The lowest BCUT2D eigenvalue weighted by Crippen LogP contribution is -2.43. The molecule has 21 heavy (non-hydrogen) atoms. The molecule has 1 aliphatic heterocycles. The number of hydrogen-bond acceptors (Lipinski definition) is 4. The molecule has 2 atom stereocenters. The fourth-order valence-corrected chi connectivity index (χ4v) is 4.25. The van der Waals surface area contributed by atoms with Crippen LogP contribution < -0.4 is 5.73 Å². The summed E-state index contributed by atoms with van der Waals surface area (Å²) in [7, 11) is 0.